The number of aliphatic hydroxyl groups is 1. The van der Waals surface area contributed by atoms with Crippen LogP contribution in [0.2, 0.25) is 5.82 Å². The molecule has 0 saturated heterocycles. The van der Waals surface area contributed by atoms with Crippen LogP contribution in [-0.2, 0) is 9.59 Å². The van der Waals surface area contributed by atoms with Crippen LogP contribution in [0.1, 0.15) is 87.0 Å². The van der Waals surface area contributed by atoms with E-state index < -0.39 is 0 Å². The van der Waals surface area contributed by atoms with Crippen molar-refractivity contribution < 1.29 is 14.7 Å². The summed E-state index contributed by atoms with van der Waals surface area (Å²) in [6.07, 6.45) is 5.52. The van der Waals surface area contributed by atoms with E-state index in [0.29, 0.717) is 24.7 Å². The lowest BCUT2D eigenvalue weighted by Gasteiger charge is -2.29. The van der Waals surface area contributed by atoms with Gasteiger partial charge in [-0.1, -0.05) is 46.4 Å². The summed E-state index contributed by atoms with van der Waals surface area (Å²) < 4.78 is 0. The molecule has 0 aliphatic carbocycles. The Bertz CT molecular complexity index is 309. The minimum absolute atomic E-state index is 0.273. The molecule has 25 heavy (non-hydrogen) atoms. The molecule has 5 heteroatoms. The highest BCUT2D eigenvalue weighted by molar-refractivity contribution is 6.75. The summed E-state index contributed by atoms with van der Waals surface area (Å²) in [6, 6.07) is 0.495. The topological polar surface area (TPSA) is 57.6 Å². The number of carbonyl (C=O) groups is 2. The van der Waals surface area contributed by atoms with Gasteiger partial charge in [-0.2, -0.15) is 0 Å². The highest BCUT2D eigenvalue weighted by atomic mass is 16.2. The van der Waals surface area contributed by atoms with Crippen LogP contribution in [0.15, 0.2) is 0 Å². The molecule has 149 valence electrons. The molecule has 0 amide bonds. The molecule has 0 rings (SSSR count). The number of hydrogen-bond donors (Lipinski definition) is 1. The molecule has 1 radical (unpaired) electrons. The second kappa shape index (κ2) is 21.4. The summed E-state index contributed by atoms with van der Waals surface area (Å²) in [5.74, 6) is 0.594. The summed E-state index contributed by atoms with van der Waals surface area (Å²) in [4.78, 5) is 25.0. The second-order valence-corrected chi connectivity index (χ2v) is 6.46. The monoisotopic (exact) mass is 356 g/mol. The van der Waals surface area contributed by atoms with E-state index in [4.69, 9.17) is 5.11 Å². The summed E-state index contributed by atoms with van der Waals surface area (Å²) in [6.45, 7) is 16.2. The predicted molar refractivity (Wildman–Crippen MR) is 110 cm³/mol. The fourth-order valence-electron chi connectivity index (χ4n) is 2.50. The van der Waals surface area contributed by atoms with Gasteiger partial charge in [-0.25, -0.2) is 0 Å². The summed E-state index contributed by atoms with van der Waals surface area (Å²) in [5.41, 5.74) is 0.273. The molecule has 0 aromatic rings. The van der Waals surface area contributed by atoms with Crippen molar-refractivity contribution in [3.8, 4) is 0 Å². The van der Waals surface area contributed by atoms with E-state index in [0.717, 1.165) is 45.9 Å². The summed E-state index contributed by atoms with van der Waals surface area (Å²) in [7, 11) is 2.88. The molecule has 0 aliphatic heterocycles. The number of rotatable bonds is 13. The second-order valence-electron chi connectivity index (χ2n) is 6.46. The smallest absolute Gasteiger partial charge is 0.206 e. The quantitative estimate of drug-likeness (QED) is 0.394. The number of Topliss-reactive ketones (excluding diaryl/α,β-unsaturated/α-hetero) is 1. The Morgan fingerprint density at radius 1 is 1.00 bits per heavy atom. The lowest BCUT2D eigenvalue weighted by molar-refractivity contribution is -0.117. The molecular formula is C20H43BNO3. The Morgan fingerprint density at radius 3 is 2.00 bits per heavy atom. The standard InChI is InChI=1S/C17H33BNO2.C2H6.CH4O/c1-6-10-17(21)18-15(4)13-19(14(2)3)12-9-7-8-11-16(5)20;2*1-2/h14-15H,6-13H2,1-5H3;1-2H3;2H,1H3. The van der Waals surface area contributed by atoms with E-state index in [1.165, 1.54) is 0 Å². The molecule has 0 spiro atoms. The molecule has 0 bridgehead atoms. The van der Waals surface area contributed by atoms with Gasteiger partial charge < -0.3 is 19.6 Å². The third-order valence-corrected chi connectivity index (χ3v) is 3.69. The Morgan fingerprint density at radius 2 is 1.56 bits per heavy atom. The van der Waals surface area contributed by atoms with Crippen molar-refractivity contribution >= 4 is 18.7 Å². The molecule has 1 unspecified atom stereocenters. The van der Waals surface area contributed by atoms with Crippen molar-refractivity contribution in [2.45, 2.75) is 98.9 Å². The average Bonchev–Trinajstić information content (AvgIpc) is 2.56. The Kier molecular flexibility index (Phi) is 24.9. The van der Waals surface area contributed by atoms with E-state index in [2.05, 4.69) is 25.7 Å². The highest BCUT2D eigenvalue weighted by Crippen LogP contribution is 2.12. The SMILES string of the molecule is CC.CCCC(=O)[B]C(C)CN(CCCCCC(C)=O)C(C)C.CO. The third-order valence-electron chi connectivity index (χ3n) is 3.69. The Labute approximate surface area is 158 Å². The number of nitrogens with zero attached hydrogens (tertiary/aromatic N) is 1. The van der Waals surface area contributed by atoms with Crippen molar-refractivity contribution in [1.29, 1.82) is 0 Å². The maximum absolute atomic E-state index is 11.7. The average molecular weight is 356 g/mol. The lowest BCUT2D eigenvalue weighted by Crippen LogP contribution is -2.36. The molecule has 0 aliphatic rings. The largest absolute Gasteiger partial charge is 0.400 e. The first-order chi connectivity index (χ1) is 11.9. The maximum atomic E-state index is 11.7. The van der Waals surface area contributed by atoms with Crippen LogP contribution in [0.5, 0.6) is 0 Å². The lowest BCUT2D eigenvalue weighted by atomic mass is 9.60. The van der Waals surface area contributed by atoms with Crippen LogP contribution in [0, 0.1) is 0 Å². The molecule has 1 N–H and O–H groups in total. The normalized spacial score (nSPS) is 11.2. The minimum atomic E-state index is 0.273. The fourth-order valence-corrected chi connectivity index (χ4v) is 2.50. The number of unbranched alkanes of at least 4 members (excludes halogenated alkanes) is 2. The van der Waals surface area contributed by atoms with Gasteiger partial charge in [-0.05, 0) is 53.1 Å². The number of hydrogen-bond acceptors (Lipinski definition) is 4. The van der Waals surface area contributed by atoms with Gasteiger partial charge in [0, 0.05) is 19.6 Å². The van der Waals surface area contributed by atoms with Crippen LogP contribution < -0.4 is 0 Å². The first kappa shape index (κ1) is 29.1. The number of aliphatic hydroxyl groups excluding tert-OH is 1. The minimum Gasteiger partial charge on any atom is -0.400 e. The van der Waals surface area contributed by atoms with Crippen LogP contribution >= 0.6 is 0 Å². The fraction of sp³-hybridized carbons (Fsp3) is 0.900. The molecule has 0 heterocycles. The van der Waals surface area contributed by atoms with Crippen molar-refractivity contribution in [1.82, 2.24) is 4.90 Å². The number of ketones is 1. The van der Waals surface area contributed by atoms with Crippen LogP contribution in [0.3, 0.4) is 0 Å². The van der Waals surface area contributed by atoms with Gasteiger partial charge in [0.1, 0.15) is 5.78 Å². The molecule has 0 aromatic carbocycles. The van der Waals surface area contributed by atoms with Crippen molar-refractivity contribution in [3.63, 3.8) is 0 Å². The molecule has 0 saturated carbocycles. The van der Waals surface area contributed by atoms with Gasteiger partial charge in [0.2, 0.25) is 7.28 Å². The molecule has 0 aromatic heterocycles. The zero-order valence-electron chi connectivity index (χ0n) is 18.1. The van der Waals surface area contributed by atoms with E-state index in [1.54, 1.807) is 6.92 Å². The molecular weight excluding hydrogens is 313 g/mol. The first-order valence-electron chi connectivity index (χ1n) is 9.92. The van der Waals surface area contributed by atoms with Gasteiger partial charge in [0.05, 0.1) is 5.68 Å². The van der Waals surface area contributed by atoms with Gasteiger partial charge in [0.15, 0.2) is 0 Å². The van der Waals surface area contributed by atoms with E-state index >= 15 is 0 Å². The summed E-state index contributed by atoms with van der Waals surface area (Å²) >= 11 is 0. The van der Waals surface area contributed by atoms with Crippen LogP contribution in [-0.4, -0.2) is 55.0 Å². The van der Waals surface area contributed by atoms with Crippen molar-refractivity contribution in [2.75, 3.05) is 20.2 Å². The van der Waals surface area contributed by atoms with Gasteiger partial charge in [-0.15, -0.1) is 0 Å². The van der Waals surface area contributed by atoms with Gasteiger partial charge in [0.25, 0.3) is 0 Å². The van der Waals surface area contributed by atoms with E-state index in [-0.39, 0.29) is 11.5 Å². The zero-order valence-corrected chi connectivity index (χ0v) is 18.1. The molecule has 4 nitrogen and oxygen atoms in total. The first-order valence-corrected chi connectivity index (χ1v) is 9.92. The van der Waals surface area contributed by atoms with E-state index in [9.17, 15) is 9.59 Å². The van der Waals surface area contributed by atoms with Gasteiger partial charge >= 0.3 is 0 Å². The highest BCUT2D eigenvalue weighted by Gasteiger charge is 2.16. The summed E-state index contributed by atoms with van der Waals surface area (Å²) in [5, 5.41) is 7.00. The predicted octanol–water partition coefficient (Wildman–Crippen LogP) is 4.32. The maximum Gasteiger partial charge on any atom is 0.206 e. The third kappa shape index (κ3) is 21.3. The number of carbonyl (C=O) groups excluding carboxylic acids is 2. The van der Waals surface area contributed by atoms with Crippen molar-refractivity contribution in [2.24, 2.45) is 0 Å². The van der Waals surface area contributed by atoms with Gasteiger partial charge in [-0.3, -0.25) is 0 Å². The van der Waals surface area contributed by atoms with Crippen LogP contribution in [0.25, 0.3) is 0 Å². The molecule has 1 atom stereocenters. The Hall–Kier alpha value is -0.675. The van der Waals surface area contributed by atoms with Crippen LogP contribution in [0.4, 0.5) is 0 Å². The zero-order chi connectivity index (χ0) is 20.3. The molecule has 0 fully saturated rings. The Balaban J connectivity index is -0.00000112. The van der Waals surface area contributed by atoms with Crippen molar-refractivity contribution in [3.05, 3.63) is 0 Å². The van der Waals surface area contributed by atoms with E-state index in [1.807, 2.05) is 28.1 Å².